The van der Waals surface area contributed by atoms with Crippen LogP contribution in [0.15, 0.2) is 35.4 Å². The van der Waals surface area contributed by atoms with E-state index in [0.29, 0.717) is 5.82 Å². The van der Waals surface area contributed by atoms with Gasteiger partial charge in [0, 0.05) is 6.20 Å². The van der Waals surface area contributed by atoms with E-state index in [-0.39, 0.29) is 38.3 Å². The largest absolute Gasteiger partial charge is 0.366 e. The summed E-state index contributed by atoms with van der Waals surface area (Å²) in [6.07, 6.45) is 1.32. The molecule has 146 valence electrons. The molecule has 0 fully saturated rings. The Morgan fingerprint density at radius 1 is 1.25 bits per heavy atom. The Bertz CT molecular complexity index is 1160. The van der Waals surface area contributed by atoms with Gasteiger partial charge in [-0.1, -0.05) is 23.2 Å². The summed E-state index contributed by atoms with van der Waals surface area (Å²) < 4.78 is 27.9. The van der Waals surface area contributed by atoms with Gasteiger partial charge < -0.3 is 5.73 Å². The topological polar surface area (TPSA) is 146 Å². The molecule has 0 bridgehead atoms. The molecule has 1 amide bonds. The maximum Gasteiger partial charge on any atom is 0.262 e. The van der Waals surface area contributed by atoms with Crippen LogP contribution in [-0.4, -0.2) is 39.5 Å². The first kappa shape index (κ1) is 20.0. The number of carbonyl (C=O) groups is 1. The molecule has 2 aromatic heterocycles. The van der Waals surface area contributed by atoms with Crippen molar-refractivity contribution in [2.75, 3.05) is 4.72 Å². The number of pyridine rings is 1. The smallest absolute Gasteiger partial charge is 0.262 e. The summed E-state index contributed by atoms with van der Waals surface area (Å²) in [6.45, 7) is 0. The minimum absolute atomic E-state index is 0.0303. The molecule has 10 nitrogen and oxygen atoms in total. The summed E-state index contributed by atoms with van der Waals surface area (Å²) >= 11 is 11.7. The van der Waals surface area contributed by atoms with Gasteiger partial charge in [-0.3, -0.25) is 14.5 Å². The van der Waals surface area contributed by atoms with Crippen LogP contribution >= 0.6 is 23.2 Å². The Labute approximate surface area is 169 Å². The van der Waals surface area contributed by atoms with Crippen LogP contribution in [0.25, 0.3) is 0 Å². The van der Waals surface area contributed by atoms with Crippen molar-refractivity contribution < 1.29 is 13.2 Å². The molecule has 0 aliphatic carbocycles. The molecule has 28 heavy (non-hydrogen) atoms. The average Bonchev–Trinajstić information content (AvgIpc) is 3.03. The van der Waals surface area contributed by atoms with Crippen molar-refractivity contribution in [3.63, 3.8) is 0 Å². The van der Waals surface area contributed by atoms with Gasteiger partial charge in [-0.25, -0.2) is 8.42 Å². The van der Waals surface area contributed by atoms with Gasteiger partial charge in [-0.2, -0.15) is 4.80 Å². The van der Waals surface area contributed by atoms with E-state index in [1.165, 1.54) is 35.3 Å². The Hall–Kier alpha value is -2.76. The zero-order valence-corrected chi connectivity index (χ0v) is 16.6. The molecule has 0 aliphatic heterocycles. The van der Waals surface area contributed by atoms with Crippen LogP contribution in [0.1, 0.15) is 21.9 Å². The van der Waals surface area contributed by atoms with Crippen LogP contribution < -0.4 is 10.5 Å². The number of nitrogens with zero attached hydrogens (tertiary/aromatic N) is 5. The molecule has 0 unspecified atom stereocenters. The molecular weight excluding hydrogens is 429 g/mol. The van der Waals surface area contributed by atoms with Gasteiger partial charge in [0.2, 0.25) is 5.91 Å². The summed E-state index contributed by atoms with van der Waals surface area (Å²) in [5.41, 5.74) is 5.63. The van der Waals surface area contributed by atoms with Gasteiger partial charge in [-0.15, -0.1) is 10.2 Å². The molecule has 13 heteroatoms. The Kier molecular flexibility index (Phi) is 5.49. The molecular formula is C15H13Cl2N7O3S. The van der Waals surface area contributed by atoms with Crippen molar-refractivity contribution in [1.29, 1.82) is 0 Å². The highest BCUT2D eigenvalue weighted by Gasteiger charge is 2.20. The van der Waals surface area contributed by atoms with Crippen molar-refractivity contribution in [2.24, 2.45) is 12.8 Å². The van der Waals surface area contributed by atoms with Gasteiger partial charge in [0.05, 0.1) is 45.4 Å². The number of sulfonamides is 1. The Morgan fingerprint density at radius 3 is 2.61 bits per heavy atom. The Morgan fingerprint density at radius 2 is 2.00 bits per heavy atom. The molecule has 0 saturated carbocycles. The van der Waals surface area contributed by atoms with Gasteiger partial charge in [0.15, 0.2) is 5.82 Å². The fraction of sp³-hybridized carbons (Fsp3) is 0.133. The first-order chi connectivity index (χ1) is 13.2. The molecule has 0 spiro atoms. The van der Waals surface area contributed by atoms with Crippen LogP contribution in [0.5, 0.6) is 0 Å². The SMILES string of the molecule is Cn1nnc(Cc2ncc(C(N)=O)cc2NS(=O)(=O)c2ccc(Cl)c(Cl)c2)n1. The monoisotopic (exact) mass is 441 g/mol. The van der Waals surface area contributed by atoms with Gasteiger partial charge in [0.1, 0.15) is 0 Å². The highest BCUT2D eigenvalue weighted by atomic mass is 35.5. The maximum absolute atomic E-state index is 12.8. The van der Waals surface area contributed by atoms with Crippen LogP contribution in [0, 0.1) is 0 Å². The number of primary amides is 1. The van der Waals surface area contributed by atoms with Crippen LogP contribution in [0.2, 0.25) is 10.0 Å². The second-order valence-corrected chi connectivity index (χ2v) is 8.13. The quantitative estimate of drug-likeness (QED) is 0.587. The Balaban J connectivity index is 2.01. The number of nitrogens with one attached hydrogen (secondary N) is 1. The number of anilines is 1. The van der Waals surface area contributed by atoms with Crippen molar-refractivity contribution in [2.45, 2.75) is 11.3 Å². The van der Waals surface area contributed by atoms with Gasteiger partial charge >= 0.3 is 0 Å². The third kappa shape index (κ3) is 4.38. The number of hydrogen-bond acceptors (Lipinski definition) is 7. The fourth-order valence-electron chi connectivity index (χ4n) is 2.25. The normalized spacial score (nSPS) is 11.4. The zero-order chi connectivity index (χ0) is 20.5. The lowest BCUT2D eigenvalue weighted by Gasteiger charge is -2.12. The first-order valence-electron chi connectivity index (χ1n) is 7.65. The molecule has 2 heterocycles. The van der Waals surface area contributed by atoms with Crippen molar-refractivity contribution >= 4 is 44.8 Å². The highest BCUT2D eigenvalue weighted by molar-refractivity contribution is 7.92. The third-order valence-corrected chi connectivity index (χ3v) is 5.68. The summed E-state index contributed by atoms with van der Waals surface area (Å²) in [5.74, 6) is -0.441. The molecule has 3 N–H and O–H groups in total. The molecule has 3 aromatic rings. The second-order valence-electron chi connectivity index (χ2n) is 5.64. The summed E-state index contributed by atoms with van der Waals surface area (Å²) in [4.78, 5) is 16.7. The lowest BCUT2D eigenvalue weighted by atomic mass is 10.2. The molecule has 0 aliphatic rings. The van der Waals surface area contributed by atoms with E-state index < -0.39 is 15.9 Å². The van der Waals surface area contributed by atoms with Crippen LogP contribution in [0.3, 0.4) is 0 Å². The number of aryl methyl sites for hydroxylation is 1. The van der Waals surface area contributed by atoms with Crippen molar-refractivity contribution in [3.8, 4) is 0 Å². The number of halogens is 2. The molecule has 0 atom stereocenters. The van der Waals surface area contributed by atoms with Gasteiger partial charge in [0.25, 0.3) is 10.0 Å². The van der Waals surface area contributed by atoms with E-state index in [0.717, 1.165) is 0 Å². The molecule has 0 saturated heterocycles. The maximum atomic E-state index is 12.8. The molecule has 0 radical (unpaired) electrons. The van der Waals surface area contributed by atoms with Crippen molar-refractivity contribution in [3.05, 3.63) is 57.6 Å². The van der Waals surface area contributed by atoms with Crippen LogP contribution in [-0.2, 0) is 23.5 Å². The number of nitrogens with two attached hydrogens (primary N) is 1. The average molecular weight is 442 g/mol. The van der Waals surface area contributed by atoms with Gasteiger partial charge in [-0.05, 0) is 29.5 Å². The summed E-state index contributed by atoms with van der Waals surface area (Å²) in [7, 11) is -2.46. The number of rotatable bonds is 6. The number of tetrazole rings is 1. The van der Waals surface area contributed by atoms with E-state index >= 15 is 0 Å². The molecule has 3 rings (SSSR count). The number of carbonyl (C=O) groups excluding carboxylic acids is 1. The summed E-state index contributed by atoms with van der Waals surface area (Å²) in [6, 6.07) is 5.16. The van der Waals surface area contributed by atoms with E-state index in [1.807, 2.05) is 0 Å². The number of hydrogen-bond donors (Lipinski definition) is 2. The second kappa shape index (κ2) is 7.70. The van der Waals surface area contributed by atoms with E-state index in [2.05, 4.69) is 25.1 Å². The summed E-state index contributed by atoms with van der Waals surface area (Å²) in [5, 5.41) is 11.9. The lowest BCUT2D eigenvalue weighted by molar-refractivity contribution is 0.1000. The number of benzene rings is 1. The minimum Gasteiger partial charge on any atom is -0.366 e. The minimum atomic E-state index is -4.05. The third-order valence-electron chi connectivity index (χ3n) is 3.58. The van der Waals surface area contributed by atoms with E-state index in [9.17, 15) is 13.2 Å². The number of aromatic nitrogens is 5. The fourth-order valence-corrected chi connectivity index (χ4v) is 3.72. The first-order valence-corrected chi connectivity index (χ1v) is 9.89. The lowest BCUT2D eigenvalue weighted by Crippen LogP contribution is -2.18. The standard InChI is InChI=1S/C15H13Cl2N7O3S/c1-24-21-14(20-23-24)6-12-13(4-8(7-19-12)15(18)25)22-28(26,27)9-2-3-10(16)11(17)5-9/h2-5,7,22H,6H2,1H3,(H2,18,25). The van der Waals surface area contributed by atoms with Crippen LogP contribution in [0.4, 0.5) is 5.69 Å². The predicted octanol–water partition coefficient (Wildman–Crippen LogP) is 1.40. The highest BCUT2D eigenvalue weighted by Crippen LogP contribution is 2.27. The molecule has 1 aromatic carbocycles. The van der Waals surface area contributed by atoms with E-state index in [4.69, 9.17) is 28.9 Å². The van der Waals surface area contributed by atoms with Crippen molar-refractivity contribution in [1.82, 2.24) is 25.2 Å². The predicted molar refractivity (Wildman–Crippen MR) is 102 cm³/mol. The number of amides is 1. The van der Waals surface area contributed by atoms with E-state index in [1.54, 1.807) is 7.05 Å². The zero-order valence-electron chi connectivity index (χ0n) is 14.3.